The second-order valence-corrected chi connectivity index (χ2v) is 6.56. The molecule has 0 spiro atoms. The third-order valence-electron chi connectivity index (χ3n) is 3.96. The fraction of sp³-hybridized carbons (Fsp3) is 0.643. The van der Waals surface area contributed by atoms with Gasteiger partial charge >= 0.3 is 7.12 Å². The maximum absolute atomic E-state index is 10.0. The molecular formula is C14H23BN2O3. The summed E-state index contributed by atoms with van der Waals surface area (Å²) in [5.41, 5.74) is 0.664. The zero-order valence-electron chi connectivity index (χ0n) is 13.1. The quantitative estimate of drug-likeness (QED) is 0.840. The molecule has 0 atom stereocenters. The van der Waals surface area contributed by atoms with E-state index in [1.54, 1.807) is 0 Å². The maximum atomic E-state index is 10.0. The molecule has 1 aromatic heterocycles. The van der Waals surface area contributed by atoms with Crippen LogP contribution < -0.4 is 5.46 Å². The summed E-state index contributed by atoms with van der Waals surface area (Å²) >= 11 is 0. The first-order valence-corrected chi connectivity index (χ1v) is 6.80. The average molecular weight is 278 g/mol. The Morgan fingerprint density at radius 3 is 2.25 bits per heavy atom. The predicted molar refractivity (Wildman–Crippen MR) is 79.0 cm³/mol. The van der Waals surface area contributed by atoms with Gasteiger partial charge in [-0.05, 0) is 47.9 Å². The van der Waals surface area contributed by atoms with Gasteiger partial charge in [0.25, 0.3) is 0 Å². The van der Waals surface area contributed by atoms with Gasteiger partial charge in [0.2, 0.25) is 0 Å². The van der Waals surface area contributed by atoms with E-state index >= 15 is 0 Å². The van der Waals surface area contributed by atoms with Gasteiger partial charge in [-0.3, -0.25) is 4.98 Å². The number of aromatic nitrogens is 1. The Hall–Kier alpha value is -1.11. The van der Waals surface area contributed by atoms with Crippen LogP contribution in [0.2, 0.25) is 0 Å². The minimum absolute atomic E-state index is 0.103. The molecule has 6 heteroatoms. The van der Waals surface area contributed by atoms with Crippen molar-refractivity contribution in [3.05, 3.63) is 18.0 Å². The van der Waals surface area contributed by atoms with Crippen LogP contribution in [-0.4, -0.2) is 47.4 Å². The van der Waals surface area contributed by atoms with Crippen LogP contribution in [0.1, 0.15) is 33.4 Å². The number of rotatable bonds is 3. The molecule has 110 valence electrons. The second-order valence-electron chi connectivity index (χ2n) is 6.56. The van der Waals surface area contributed by atoms with Gasteiger partial charge < -0.3 is 19.3 Å². The molecule has 0 bridgehead atoms. The van der Waals surface area contributed by atoms with Crippen LogP contribution in [0.5, 0.6) is 5.75 Å². The van der Waals surface area contributed by atoms with Gasteiger partial charge in [-0.25, -0.2) is 0 Å². The summed E-state index contributed by atoms with van der Waals surface area (Å²) in [7, 11) is 3.38. The highest BCUT2D eigenvalue weighted by atomic mass is 16.7. The van der Waals surface area contributed by atoms with E-state index < -0.39 is 18.3 Å². The first-order chi connectivity index (χ1) is 9.12. The van der Waals surface area contributed by atoms with Crippen LogP contribution in [0.3, 0.4) is 0 Å². The minimum Gasteiger partial charge on any atom is -0.507 e. The molecular weight excluding hydrogens is 255 g/mol. The zero-order chi connectivity index (χ0) is 15.1. The summed E-state index contributed by atoms with van der Waals surface area (Å²) in [5, 5.41) is 10.0. The zero-order valence-corrected chi connectivity index (χ0v) is 13.1. The summed E-state index contributed by atoms with van der Waals surface area (Å²) in [5.74, 6) is 0.103. The first kappa shape index (κ1) is 15.3. The number of hydrogen-bond acceptors (Lipinski definition) is 5. The molecule has 2 heterocycles. The molecule has 0 aromatic carbocycles. The van der Waals surface area contributed by atoms with E-state index in [0.29, 0.717) is 12.0 Å². The fourth-order valence-corrected chi connectivity index (χ4v) is 2.08. The van der Waals surface area contributed by atoms with Crippen LogP contribution in [0, 0.1) is 0 Å². The van der Waals surface area contributed by atoms with Crippen molar-refractivity contribution >= 4 is 12.6 Å². The van der Waals surface area contributed by atoms with Gasteiger partial charge in [-0.2, -0.15) is 0 Å². The smallest absolute Gasteiger partial charge is 0.498 e. The Balaban J connectivity index is 2.30. The van der Waals surface area contributed by atoms with Crippen molar-refractivity contribution in [3.63, 3.8) is 0 Å². The number of hydrogen-bond donors (Lipinski definition) is 1. The van der Waals surface area contributed by atoms with Crippen LogP contribution in [0.25, 0.3) is 0 Å². The van der Waals surface area contributed by atoms with Crippen LogP contribution >= 0.6 is 0 Å². The Labute approximate surface area is 121 Å². The van der Waals surface area contributed by atoms with Crippen molar-refractivity contribution in [2.24, 2.45) is 0 Å². The Morgan fingerprint density at radius 2 is 1.75 bits per heavy atom. The molecule has 1 fully saturated rings. The second kappa shape index (κ2) is 5.02. The number of aromatic hydroxyl groups is 1. The van der Waals surface area contributed by atoms with E-state index in [1.165, 1.54) is 6.20 Å². The normalized spacial score (nSPS) is 20.6. The van der Waals surface area contributed by atoms with Crippen molar-refractivity contribution < 1.29 is 14.4 Å². The van der Waals surface area contributed by atoms with Crippen molar-refractivity contribution in [1.29, 1.82) is 0 Å². The SMILES string of the molecule is CN(C)Cc1cc(B2OC(C)(C)C(C)(C)O2)c(O)cn1. The summed E-state index contributed by atoms with van der Waals surface area (Å²) in [4.78, 5) is 6.24. The van der Waals surface area contributed by atoms with Gasteiger partial charge in [0.1, 0.15) is 5.75 Å². The van der Waals surface area contributed by atoms with E-state index in [1.807, 2.05) is 52.8 Å². The summed E-state index contributed by atoms with van der Waals surface area (Å²) in [6.45, 7) is 8.67. The van der Waals surface area contributed by atoms with Gasteiger partial charge in [0.05, 0.1) is 23.1 Å². The number of pyridine rings is 1. The minimum atomic E-state index is -0.566. The third kappa shape index (κ3) is 2.82. The molecule has 1 aromatic rings. The summed E-state index contributed by atoms with van der Waals surface area (Å²) in [6.07, 6.45) is 1.46. The highest BCUT2D eigenvalue weighted by Crippen LogP contribution is 2.37. The highest BCUT2D eigenvalue weighted by molar-refractivity contribution is 6.63. The van der Waals surface area contributed by atoms with E-state index in [9.17, 15) is 5.11 Å². The lowest BCUT2D eigenvalue weighted by Crippen LogP contribution is -2.41. The third-order valence-corrected chi connectivity index (χ3v) is 3.96. The van der Waals surface area contributed by atoms with Crippen molar-refractivity contribution in [3.8, 4) is 5.75 Å². The van der Waals surface area contributed by atoms with E-state index in [2.05, 4.69) is 4.98 Å². The molecule has 2 rings (SSSR count). The molecule has 0 unspecified atom stereocenters. The van der Waals surface area contributed by atoms with Crippen LogP contribution in [0.15, 0.2) is 12.3 Å². The Bertz CT molecular complexity index is 487. The largest absolute Gasteiger partial charge is 0.507 e. The molecule has 0 aliphatic carbocycles. The topological polar surface area (TPSA) is 54.8 Å². The average Bonchev–Trinajstić information content (AvgIpc) is 2.50. The van der Waals surface area contributed by atoms with Gasteiger partial charge in [-0.15, -0.1) is 0 Å². The van der Waals surface area contributed by atoms with Gasteiger partial charge in [0, 0.05) is 12.0 Å². The monoisotopic (exact) mass is 278 g/mol. The van der Waals surface area contributed by atoms with Crippen LogP contribution in [0.4, 0.5) is 0 Å². The molecule has 1 aliphatic heterocycles. The van der Waals surface area contributed by atoms with Crippen LogP contribution in [-0.2, 0) is 15.9 Å². The van der Waals surface area contributed by atoms with Gasteiger partial charge in [0.15, 0.2) is 0 Å². The number of nitrogens with zero attached hydrogens (tertiary/aromatic N) is 2. The Morgan fingerprint density at radius 1 is 1.20 bits per heavy atom. The molecule has 20 heavy (non-hydrogen) atoms. The lowest BCUT2D eigenvalue weighted by atomic mass is 9.78. The predicted octanol–water partition coefficient (Wildman–Crippen LogP) is 1.15. The maximum Gasteiger partial charge on any atom is 0.498 e. The standard InChI is InChI=1S/C14H23BN2O3/c1-13(2)14(3,4)20-15(19-13)11-7-10(9-17(5)6)16-8-12(11)18/h7-8,18H,9H2,1-6H3. The van der Waals surface area contributed by atoms with E-state index in [4.69, 9.17) is 9.31 Å². The highest BCUT2D eigenvalue weighted by Gasteiger charge is 2.52. The van der Waals surface area contributed by atoms with E-state index in [0.717, 1.165) is 5.69 Å². The Kier molecular flexibility index (Phi) is 3.84. The van der Waals surface area contributed by atoms with E-state index in [-0.39, 0.29) is 5.75 Å². The summed E-state index contributed by atoms with van der Waals surface area (Å²) < 4.78 is 11.9. The molecule has 1 N–H and O–H groups in total. The van der Waals surface area contributed by atoms with Gasteiger partial charge in [-0.1, -0.05) is 0 Å². The molecule has 0 saturated carbocycles. The lowest BCUT2D eigenvalue weighted by molar-refractivity contribution is 0.00578. The first-order valence-electron chi connectivity index (χ1n) is 6.80. The van der Waals surface area contributed by atoms with Crippen molar-refractivity contribution in [2.75, 3.05) is 14.1 Å². The van der Waals surface area contributed by atoms with Crippen molar-refractivity contribution in [2.45, 2.75) is 45.4 Å². The molecule has 1 aliphatic rings. The van der Waals surface area contributed by atoms with Crippen molar-refractivity contribution in [1.82, 2.24) is 9.88 Å². The fourth-order valence-electron chi connectivity index (χ4n) is 2.08. The lowest BCUT2D eigenvalue weighted by Gasteiger charge is -2.32. The molecule has 0 amide bonds. The summed E-state index contributed by atoms with van der Waals surface area (Å²) in [6, 6.07) is 1.84. The molecule has 1 saturated heterocycles. The molecule has 0 radical (unpaired) electrons. The molecule has 5 nitrogen and oxygen atoms in total.